The molecule has 1 amide bonds. The van der Waals surface area contributed by atoms with Gasteiger partial charge < -0.3 is 11.1 Å². The summed E-state index contributed by atoms with van der Waals surface area (Å²) in [6.45, 7) is 0. The molecule has 0 bridgehead atoms. The van der Waals surface area contributed by atoms with Gasteiger partial charge in [-0.1, -0.05) is 12.1 Å². The second-order valence-corrected chi connectivity index (χ2v) is 6.83. The summed E-state index contributed by atoms with van der Waals surface area (Å²) in [7, 11) is 0. The molecule has 5 heteroatoms. The summed E-state index contributed by atoms with van der Waals surface area (Å²) in [5.74, 6) is 0.0738. The molecule has 114 valence electrons. The zero-order chi connectivity index (χ0) is 15.8. The number of fused-ring (bicyclic) bond motifs is 1. The van der Waals surface area contributed by atoms with E-state index in [1.807, 2.05) is 18.3 Å². The zero-order valence-electron chi connectivity index (χ0n) is 12.4. The van der Waals surface area contributed by atoms with Gasteiger partial charge in [0.05, 0.1) is 12.1 Å². The van der Waals surface area contributed by atoms with Crippen LogP contribution in [0.3, 0.4) is 0 Å². The van der Waals surface area contributed by atoms with Crippen LogP contribution in [-0.2, 0) is 17.6 Å². The number of rotatable bonds is 3. The largest absolute Gasteiger partial charge is 0.397 e. The SMILES string of the molecule is Nc1cncc(-c2ccc(Cc3ccc4c(c3)CC(=O)N4)s2)c1. The number of nitrogen functional groups attached to an aromatic ring is 1. The van der Waals surface area contributed by atoms with Gasteiger partial charge in [-0.3, -0.25) is 9.78 Å². The zero-order valence-corrected chi connectivity index (χ0v) is 13.2. The summed E-state index contributed by atoms with van der Waals surface area (Å²) in [6.07, 6.45) is 4.83. The van der Waals surface area contributed by atoms with Crippen molar-refractivity contribution in [3.8, 4) is 10.4 Å². The Morgan fingerprint density at radius 2 is 2.09 bits per heavy atom. The number of carbonyl (C=O) groups is 1. The highest BCUT2D eigenvalue weighted by molar-refractivity contribution is 7.15. The van der Waals surface area contributed by atoms with Gasteiger partial charge in [0.1, 0.15) is 0 Å². The Morgan fingerprint density at radius 3 is 2.96 bits per heavy atom. The van der Waals surface area contributed by atoms with Crippen LogP contribution in [0.25, 0.3) is 10.4 Å². The van der Waals surface area contributed by atoms with E-state index in [1.165, 1.54) is 10.4 Å². The fraction of sp³-hybridized carbons (Fsp3) is 0.111. The molecule has 3 heterocycles. The van der Waals surface area contributed by atoms with Gasteiger partial charge in [0.15, 0.2) is 0 Å². The van der Waals surface area contributed by atoms with Crippen LogP contribution in [0.4, 0.5) is 11.4 Å². The van der Waals surface area contributed by atoms with Crippen LogP contribution in [0.15, 0.2) is 48.8 Å². The van der Waals surface area contributed by atoms with Crippen molar-refractivity contribution in [1.82, 2.24) is 4.98 Å². The van der Waals surface area contributed by atoms with Crippen LogP contribution >= 0.6 is 11.3 Å². The maximum Gasteiger partial charge on any atom is 0.228 e. The maximum absolute atomic E-state index is 11.4. The molecule has 3 N–H and O–H groups in total. The maximum atomic E-state index is 11.4. The van der Waals surface area contributed by atoms with Crippen LogP contribution in [0.1, 0.15) is 16.0 Å². The van der Waals surface area contributed by atoms with Gasteiger partial charge in [-0.15, -0.1) is 11.3 Å². The Bertz CT molecular complexity index is 901. The number of thiophene rings is 1. The molecular weight excluding hydrogens is 306 g/mol. The van der Waals surface area contributed by atoms with Crippen molar-refractivity contribution in [2.75, 3.05) is 11.1 Å². The standard InChI is InChI=1S/C18H15N3OS/c19-14-7-13(9-20-10-14)17-4-2-15(23-17)6-11-1-3-16-12(5-11)8-18(22)21-16/h1-5,7,9-10H,6,8,19H2,(H,21,22). The number of aromatic nitrogens is 1. The summed E-state index contributed by atoms with van der Waals surface area (Å²) in [6, 6.07) is 12.4. The monoisotopic (exact) mass is 321 g/mol. The van der Waals surface area contributed by atoms with Crippen LogP contribution in [-0.4, -0.2) is 10.9 Å². The van der Waals surface area contributed by atoms with Crippen molar-refractivity contribution >= 4 is 28.6 Å². The highest BCUT2D eigenvalue weighted by Crippen LogP contribution is 2.31. The average molecular weight is 321 g/mol. The molecule has 4 rings (SSSR count). The van der Waals surface area contributed by atoms with Crippen molar-refractivity contribution in [3.05, 3.63) is 64.8 Å². The lowest BCUT2D eigenvalue weighted by Gasteiger charge is -2.03. The topological polar surface area (TPSA) is 68.0 Å². The summed E-state index contributed by atoms with van der Waals surface area (Å²) < 4.78 is 0. The van der Waals surface area contributed by atoms with Gasteiger partial charge in [-0.25, -0.2) is 0 Å². The smallest absolute Gasteiger partial charge is 0.228 e. The van der Waals surface area contributed by atoms with E-state index >= 15 is 0 Å². The number of nitrogens with two attached hydrogens (primary N) is 1. The van der Waals surface area contributed by atoms with E-state index in [9.17, 15) is 4.79 Å². The molecule has 0 unspecified atom stereocenters. The molecule has 1 aliphatic rings. The summed E-state index contributed by atoms with van der Waals surface area (Å²) in [5, 5.41) is 2.86. The molecule has 3 aromatic rings. The summed E-state index contributed by atoms with van der Waals surface area (Å²) >= 11 is 1.75. The van der Waals surface area contributed by atoms with Crippen molar-refractivity contribution in [1.29, 1.82) is 0 Å². The molecule has 2 aromatic heterocycles. The first-order valence-corrected chi connectivity index (χ1v) is 8.20. The van der Waals surface area contributed by atoms with E-state index in [2.05, 4.69) is 34.6 Å². The molecule has 0 aliphatic carbocycles. The third-order valence-electron chi connectivity index (χ3n) is 3.88. The number of benzene rings is 1. The number of hydrogen-bond acceptors (Lipinski definition) is 4. The van der Waals surface area contributed by atoms with Gasteiger partial charge in [-0.2, -0.15) is 0 Å². The van der Waals surface area contributed by atoms with Gasteiger partial charge in [0, 0.05) is 39.8 Å². The minimum absolute atomic E-state index is 0.0738. The fourth-order valence-corrected chi connectivity index (χ4v) is 3.84. The van der Waals surface area contributed by atoms with E-state index in [4.69, 9.17) is 5.73 Å². The summed E-state index contributed by atoms with van der Waals surface area (Å²) in [5.41, 5.74) is 10.8. The van der Waals surface area contributed by atoms with Crippen molar-refractivity contribution in [2.45, 2.75) is 12.8 Å². The number of nitrogens with zero attached hydrogens (tertiary/aromatic N) is 1. The van der Waals surface area contributed by atoms with Gasteiger partial charge >= 0.3 is 0 Å². The Morgan fingerprint density at radius 1 is 1.17 bits per heavy atom. The first-order chi connectivity index (χ1) is 11.2. The van der Waals surface area contributed by atoms with E-state index < -0.39 is 0 Å². The first kappa shape index (κ1) is 14.0. The molecule has 23 heavy (non-hydrogen) atoms. The molecule has 0 spiro atoms. The lowest BCUT2D eigenvalue weighted by Crippen LogP contribution is -2.03. The van der Waals surface area contributed by atoms with Crippen molar-refractivity contribution in [2.24, 2.45) is 0 Å². The van der Waals surface area contributed by atoms with Crippen LogP contribution in [0.2, 0.25) is 0 Å². The number of carbonyl (C=O) groups excluding carboxylic acids is 1. The number of amides is 1. The molecule has 1 aliphatic heterocycles. The Balaban J connectivity index is 1.56. The minimum atomic E-state index is 0.0738. The molecule has 4 nitrogen and oxygen atoms in total. The van der Waals surface area contributed by atoms with Crippen molar-refractivity contribution < 1.29 is 4.79 Å². The van der Waals surface area contributed by atoms with E-state index in [1.54, 1.807) is 17.5 Å². The quantitative estimate of drug-likeness (QED) is 0.776. The van der Waals surface area contributed by atoms with E-state index in [-0.39, 0.29) is 5.91 Å². The molecule has 1 aromatic carbocycles. The number of pyridine rings is 1. The molecule has 0 saturated heterocycles. The normalized spacial score (nSPS) is 13.0. The highest BCUT2D eigenvalue weighted by atomic mass is 32.1. The molecule has 0 radical (unpaired) electrons. The predicted molar refractivity (Wildman–Crippen MR) is 93.5 cm³/mol. The lowest BCUT2D eigenvalue weighted by atomic mass is 10.1. The Labute approximate surface area is 138 Å². The number of anilines is 2. The summed E-state index contributed by atoms with van der Waals surface area (Å²) in [4.78, 5) is 18.0. The second kappa shape index (κ2) is 5.52. The third-order valence-corrected chi connectivity index (χ3v) is 5.01. The highest BCUT2D eigenvalue weighted by Gasteiger charge is 2.17. The Kier molecular flexibility index (Phi) is 3.35. The Hall–Kier alpha value is -2.66. The van der Waals surface area contributed by atoms with E-state index in [0.717, 1.165) is 28.1 Å². The number of nitrogens with one attached hydrogen (secondary N) is 1. The van der Waals surface area contributed by atoms with Crippen LogP contribution in [0, 0.1) is 0 Å². The minimum Gasteiger partial charge on any atom is -0.397 e. The van der Waals surface area contributed by atoms with Gasteiger partial charge in [0.2, 0.25) is 5.91 Å². The van der Waals surface area contributed by atoms with Crippen LogP contribution < -0.4 is 11.1 Å². The first-order valence-electron chi connectivity index (χ1n) is 7.39. The second-order valence-electron chi connectivity index (χ2n) is 5.67. The van der Waals surface area contributed by atoms with Gasteiger partial charge in [-0.05, 0) is 35.4 Å². The fourth-order valence-electron chi connectivity index (χ4n) is 2.81. The number of hydrogen-bond donors (Lipinski definition) is 2. The third kappa shape index (κ3) is 2.83. The molecule has 0 atom stereocenters. The van der Waals surface area contributed by atoms with E-state index in [0.29, 0.717) is 12.1 Å². The molecule has 0 fully saturated rings. The van der Waals surface area contributed by atoms with Crippen LogP contribution in [0.5, 0.6) is 0 Å². The van der Waals surface area contributed by atoms with Crippen molar-refractivity contribution in [3.63, 3.8) is 0 Å². The molecule has 0 saturated carbocycles. The van der Waals surface area contributed by atoms with Gasteiger partial charge in [0.25, 0.3) is 0 Å². The lowest BCUT2D eigenvalue weighted by molar-refractivity contribution is -0.115. The predicted octanol–water partition coefficient (Wildman–Crippen LogP) is 3.48. The molecular formula is C18H15N3OS. The average Bonchev–Trinajstić information content (AvgIpc) is 3.12.